The minimum absolute atomic E-state index is 0.459. The Hall–Kier alpha value is -2.62. The predicted molar refractivity (Wildman–Crippen MR) is 66.5 cm³/mol. The van der Waals surface area contributed by atoms with Crippen molar-refractivity contribution >= 4 is 11.5 Å². The van der Waals surface area contributed by atoms with E-state index in [1.165, 1.54) is 6.20 Å². The Morgan fingerprint density at radius 1 is 1.50 bits per heavy atom. The van der Waals surface area contributed by atoms with Crippen LogP contribution in [0.3, 0.4) is 0 Å². The lowest BCUT2D eigenvalue weighted by atomic mass is 10.3. The van der Waals surface area contributed by atoms with Crippen molar-refractivity contribution in [2.45, 2.75) is 13.0 Å². The Balaban J connectivity index is 1.82. The average Bonchev–Trinajstić information content (AvgIpc) is 2.89. The van der Waals surface area contributed by atoms with Crippen LogP contribution in [0.15, 0.2) is 24.7 Å². The maximum Gasteiger partial charge on any atom is 0.149 e. The number of aryl methyl sites for hydroxylation is 1. The van der Waals surface area contributed by atoms with Gasteiger partial charge in [-0.25, -0.2) is 4.98 Å². The van der Waals surface area contributed by atoms with Gasteiger partial charge >= 0.3 is 0 Å². The number of nitriles is 1. The minimum atomic E-state index is 0.459. The molecular formula is C11H13N7. The number of pyridine rings is 1. The summed E-state index contributed by atoms with van der Waals surface area (Å²) in [6.45, 7) is 1.51. The molecule has 7 nitrogen and oxygen atoms in total. The number of anilines is 2. The largest absolute Gasteiger partial charge is 0.396 e. The number of hydrogen-bond donors (Lipinski definition) is 2. The van der Waals surface area contributed by atoms with Crippen LogP contribution in [0.25, 0.3) is 0 Å². The van der Waals surface area contributed by atoms with Crippen molar-refractivity contribution in [1.29, 1.82) is 5.26 Å². The van der Waals surface area contributed by atoms with Crippen LogP contribution in [0.5, 0.6) is 0 Å². The van der Waals surface area contributed by atoms with Gasteiger partial charge in [-0.05, 0) is 12.5 Å². The SMILES string of the molecule is N#Cc1cnc(NCCCn2ccnn2)c(N)c1. The molecule has 3 N–H and O–H groups in total. The molecule has 0 aliphatic heterocycles. The molecule has 0 atom stereocenters. The van der Waals surface area contributed by atoms with E-state index < -0.39 is 0 Å². The third-order valence-electron chi connectivity index (χ3n) is 2.37. The molecule has 7 heteroatoms. The van der Waals surface area contributed by atoms with E-state index in [-0.39, 0.29) is 0 Å². The van der Waals surface area contributed by atoms with E-state index in [0.29, 0.717) is 17.1 Å². The first kappa shape index (κ1) is 11.9. The molecule has 0 amide bonds. The van der Waals surface area contributed by atoms with Gasteiger partial charge in [-0.1, -0.05) is 5.21 Å². The van der Waals surface area contributed by atoms with E-state index in [1.54, 1.807) is 16.9 Å². The summed E-state index contributed by atoms with van der Waals surface area (Å²) < 4.78 is 1.76. The molecular weight excluding hydrogens is 230 g/mol. The van der Waals surface area contributed by atoms with Gasteiger partial charge in [0.25, 0.3) is 0 Å². The zero-order valence-electron chi connectivity index (χ0n) is 9.74. The van der Waals surface area contributed by atoms with E-state index in [4.69, 9.17) is 11.0 Å². The van der Waals surface area contributed by atoms with Gasteiger partial charge in [0.05, 0.1) is 17.4 Å². The van der Waals surface area contributed by atoms with Crippen LogP contribution in [0.2, 0.25) is 0 Å². The smallest absolute Gasteiger partial charge is 0.149 e. The fraction of sp³-hybridized carbons (Fsp3) is 0.273. The predicted octanol–water partition coefficient (Wildman–Crippen LogP) is 0.629. The molecule has 2 aromatic heterocycles. The summed E-state index contributed by atoms with van der Waals surface area (Å²) in [7, 11) is 0. The molecule has 2 heterocycles. The number of rotatable bonds is 5. The summed E-state index contributed by atoms with van der Waals surface area (Å²) in [4.78, 5) is 4.09. The third kappa shape index (κ3) is 2.95. The molecule has 0 aromatic carbocycles. The highest BCUT2D eigenvalue weighted by molar-refractivity contribution is 5.62. The monoisotopic (exact) mass is 243 g/mol. The molecule has 92 valence electrons. The Labute approximate surface area is 104 Å². The van der Waals surface area contributed by atoms with Gasteiger partial charge in [0.2, 0.25) is 0 Å². The van der Waals surface area contributed by atoms with E-state index in [0.717, 1.165) is 19.5 Å². The first-order valence-electron chi connectivity index (χ1n) is 5.53. The van der Waals surface area contributed by atoms with Gasteiger partial charge < -0.3 is 11.1 Å². The Bertz CT molecular complexity index is 541. The normalized spacial score (nSPS) is 9.94. The number of hydrogen-bond acceptors (Lipinski definition) is 6. The van der Waals surface area contributed by atoms with E-state index in [1.807, 2.05) is 12.3 Å². The van der Waals surface area contributed by atoms with Gasteiger partial charge in [0.15, 0.2) is 0 Å². The van der Waals surface area contributed by atoms with Crippen LogP contribution >= 0.6 is 0 Å². The Morgan fingerprint density at radius 3 is 3.06 bits per heavy atom. The molecule has 0 radical (unpaired) electrons. The molecule has 2 rings (SSSR count). The highest BCUT2D eigenvalue weighted by Crippen LogP contribution is 2.15. The number of aromatic nitrogens is 4. The Morgan fingerprint density at radius 2 is 2.39 bits per heavy atom. The summed E-state index contributed by atoms with van der Waals surface area (Å²) in [6, 6.07) is 3.60. The molecule has 2 aromatic rings. The van der Waals surface area contributed by atoms with Crippen molar-refractivity contribution in [3.05, 3.63) is 30.2 Å². The summed E-state index contributed by atoms with van der Waals surface area (Å²) >= 11 is 0. The highest BCUT2D eigenvalue weighted by Gasteiger charge is 2.01. The molecule has 0 saturated carbocycles. The van der Waals surface area contributed by atoms with Crippen LogP contribution in [-0.4, -0.2) is 26.5 Å². The van der Waals surface area contributed by atoms with Gasteiger partial charge in [-0.2, -0.15) is 5.26 Å². The van der Waals surface area contributed by atoms with Crippen LogP contribution in [0.4, 0.5) is 11.5 Å². The fourth-order valence-corrected chi connectivity index (χ4v) is 1.49. The van der Waals surface area contributed by atoms with Crippen molar-refractivity contribution in [1.82, 2.24) is 20.0 Å². The summed E-state index contributed by atoms with van der Waals surface area (Å²) in [5.41, 5.74) is 6.71. The molecule has 0 fully saturated rings. The maximum atomic E-state index is 8.69. The lowest BCUT2D eigenvalue weighted by Gasteiger charge is -2.07. The molecule has 0 bridgehead atoms. The van der Waals surface area contributed by atoms with Crippen LogP contribution in [-0.2, 0) is 6.54 Å². The third-order valence-corrected chi connectivity index (χ3v) is 2.37. The second-order valence-corrected chi connectivity index (χ2v) is 3.72. The fourth-order valence-electron chi connectivity index (χ4n) is 1.49. The molecule has 0 aliphatic carbocycles. The zero-order valence-corrected chi connectivity index (χ0v) is 9.74. The number of nitrogens with one attached hydrogen (secondary N) is 1. The summed E-state index contributed by atoms with van der Waals surface area (Å²) in [5, 5.41) is 19.4. The standard InChI is InChI=1S/C11H13N7/c12-7-9-6-10(13)11(15-8-9)14-2-1-4-18-5-3-16-17-18/h3,5-6,8H,1-2,4,13H2,(H,14,15). The first-order chi connectivity index (χ1) is 8.79. The Kier molecular flexibility index (Phi) is 3.71. The highest BCUT2D eigenvalue weighted by atomic mass is 15.4. The van der Waals surface area contributed by atoms with Gasteiger partial charge in [-0.3, -0.25) is 4.68 Å². The van der Waals surface area contributed by atoms with Gasteiger partial charge in [0, 0.05) is 25.5 Å². The van der Waals surface area contributed by atoms with Crippen LogP contribution in [0.1, 0.15) is 12.0 Å². The van der Waals surface area contributed by atoms with Gasteiger partial charge in [0.1, 0.15) is 11.9 Å². The minimum Gasteiger partial charge on any atom is -0.396 e. The second-order valence-electron chi connectivity index (χ2n) is 3.72. The number of nitrogens with two attached hydrogens (primary N) is 1. The average molecular weight is 243 g/mol. The zero-order chi connectivity index (χ0) is 12.8. The van der Waals surface area contributed by atoms with Crippen molar-refractivity contribution in [2.24, 2.45) is 0 Å². The van der Waals surface area contributed by atoms with Crippen molar-refractivity contribution in [2.75, 3.05) is 17.6 Å². The van der Waals surface area contributed by atoms with E-state index in [9.17, 15) is 0 Å². The van der Waals surface area contributed by atoms with Gasteiger partial charge in [-0.15, -0.1) is 5.10 Å². The lowest BCUT2D eigenvalue weighted by molar-refractivity contribution is 0.569. The van der Waals surface area contributed by atoms with Crippen molar-refractivity contribution < 1.29 is 0 Å². The van der Waals surface area contributed by atoms with Crippen molar-refractivity contribution in [3.63, 3.8) is 0 Å². The quantitative estimate of drug-likeness (QED) is 0.746. The van der Waals surface area contributed by atoms with E-state index in [2.05, 4.69) is 20.6 Å². The molecule has 0 unspecified atom stereocenters. The van der Waals surface area contributed by atoms with E-state index >= 15 is 0 Å². The first-order valence-corrected chi connectivity index (χ1v) is 5.53. The molecule has 0 aliphatic rings. The lowest BCUT2D eigenvalue weighted by Crippen LogP contribution is -2.09. The van der Waals surface area contributed by atoms with Crippen LogP contribution in [0, 0.1) is 11.3 Å². The van der Waals surface area contributed by atoms with Crippen LogP contribution < -0.4 is 11.1 Å². The summed E-state index contributed by atoms with van der Waals surface area (Å²) in [5.74, 6) is 0.604. The molecule has 0 spiro atoms. The molecule has 0 saturated heterocycles. The summed E-state index contributed by atoms with van der Waals surface area (Å²) in [6.07, 6.45) is 5.84. The maximum absolute atomic E-state index is 8.69. The van der Waals surface area contributed by atoms with Crippen molar-refractivity contribution in [3.8, 4) is 6.07 Å². The molecule has 18 heavy (non-hydrogen) atoms. The topological polar surface area (TPSA) is 105 Å². The number of nitrogens with zero attached hydrogens (tertiary/aromatic N) is 5. The number of nitrogen functional groups attached to an aromatic ring is 1. The second kappa shape index (κ2) is 5.63.